The van der Waals surface area contributed by atoms with Crippen LogP contribution in [0.4, 0.5) is 4.79 Å². The van der Waals surface area contributed by atoms with Crippen molar-refractivity contribution in [3.8, 4) is 0 Å². The van der Waals surface area contributed by atoms with Crippen LogP contribution in [0.25, 0.3) is 0 Å². The summed E-state index contributed by atoms with van der Waals surface area (Å²) in [6.45, 7) is 3.27. The molecular weight excluding hydrogens is 122 g/mol. The minimum absolute atomic E-state index is 0.317. The van der Waals surface area contributed by atoms with Gasteiger partial charge in [0.05, 0.1) is 0 Å². The Morgan fingerprint density at radius 3 is 1.89 bits per heavy atom. The van der Waals surface area contributed by atoms with Gasteiger partial charge in [0.2, 0.25) is 0 Å². The van der Waals surface area contributed by atoms with E-state index in [9.17, 15) is 4.79 Å². The van der Waals surface area contributed by atoms with Crippen LogP contribution >= 0.6 is 0 Å². The minimum Gasteiger partial charge on any atom is -0.433 e. The SMILES string of the molecule is CC(C)[N+](C)(O)C(=O)O. The second-order valence-corrected chi connectivity index (χ2v) is 2.40. The van der Waals surface area contributed by atoms with E-state index in [2.05, 4.69) is 0 Å². The summed E-state index contributed by atoms with van der Waals surface area (Å²) in [6.07, 6.45) is -1.23. The smallest absolute Gasteiger partial charge is 0.433 e. The summed E-state index contributed by atoms with van der Waals surface area (Å²) in [5.41, 5.74) is 0. The van der Waals surface area contributed by atoms with Crippen LogP contribution < -0.4 is 0 Å². The number of nitrogens with zero attached hydrogens (tertiary/aromatic N) is 1. The average molecular weight is 134 g/mol. The zero-order valence-electron chi connectivity index (χ0n) is 5.83. The van der Waals surface area contributed by atoms with E-state index in [1.165, 1.54) is 7.05 Å². The molecule has 0 saturated heterocycles. The van der Waals surface area contributed by atoms with Gasteiger partial charge in [0.25, 0.3) is 0 Å². The molecule has 1 unspecified atom stereocenters. The van der Waals surface area contributed by atoms with Crippen LogP contribution in [0.2, 0.25) is 0 Å². The van der Waals surface area contributed by atoms with Crippen molar-refractivity contribution in [2.75, 3.05) is 7.05 Å². The Bertz CT molecular complexity index is 119. The number of hydroxylamine groups is 3. The number of carboxylic acid groups (broad SMARTS) is 1. The van der Waals surface area contributed by atoms with Gasteiger partial charge in [-0.15, -0.1) is 0 Å². The summed E-state index contributed by atoms with van der Waals surface area (Å²) in [6, 6.07) is -0.317. The Labute approximate surface area is 53.9 Å². The fourth-order valence-corrected chi connectivity index (χ4v) is 0.221. The van der Waals surface area contributed by atoms with E-state index in [-0.39, 0.29) is 6.04 Å². The molecule has 0 bridgehead atoms. The van der Waals surface area contributed by atoms with Crippen LogP contribution in [0.5, 0.6) is 0 Å². The molecular formula is C5H12NO3+. The molecule has 2 N–H and O–H groups in total. The Morgan fingerprint density at radius 2 is 1.89 bits per heavy atom. The van der Waals surface area contributed by atoms with Crippen molar-refractivity contribution in [2.45, 2.75) is 19.9 Å². The summed E-state index contributed by atoms with van der Waals surface area (Å²) in [5.74, 6) is 0. The van der Waals surface area contributed by atoms with E-state index in [4.69, 9.17) is 10.3 Å². The first kappa shape index (κ1) is 8.39. The second kappa shape index (κ2) is 2.33. The number of hydrogen-bond acceptors (Lipinski definition) is 2. The summed E-state index contributed by atoms with van der Waals surface area (Å²) in [4.78, 5) is 10.2. The van der Waals surface area contributed by atoms with Gasteiger partial charge in [-0.3, -0.25) is 0 Å². The Morgan fingerprint density at radius 1 is 1.56 bits per heavy atom. The van der Waals surface area contributed by atoms with Gasteiger partial charge in [0.1, 0.15) is 13.1 Å². The van der Waals surface area contributed by atoms with Gasteiger partial charge in [-0.2, -0.15) is 4.79 Å². The van der Waals surface area contributed by atoms with Gasteiger partial charge in [0.15, 0.2) is 0 Å². The lowest BCUT2D eigenvalue weighted by atomic mass is 10.3. The molecule has 0 aliphatic heterocycles. The molecule has 0 saturated carbocycles. The first-order valence-electron chi connectivity index (χ1n) is 2.71. The minimum atomic E-state index is -1.23. The number of quaternary nitrogens is 1. The lowest BCUT2D eigenvalue weighted by Crippen LogP contribution is -2.50. The van der Waals surface area contributed by atoms with E-state index >= 15 is 0 Å². The van der Waals surface area contributed by atoms with Crippen LogP contribution in [0, 0.1) is 0 Å². The molecule has 0 aromatic heterocycles. The standard InChI is InChI=1S/C5H11NO3/c1-4(2)6(3,9)5(7)8/h4,9H,1-3H3/p+1. The molecule has 9 heavy (non-hydrogen) atoms. The number of amides is 1. The van der Waals surface area contributed by atoms with Gasteiger partial charge in [0, 0.05) is 0 Å². The molecule has 0 fully saturated rings. The third kappa shape index (κ3) is 1.65. The maximum Gasteiger partial charge on any atom is 0.546 e. The lowest BCUT2D eigenvalue weighted by molar-refractivity contribution is -1.04. The predicted octanol–water partition coefficient (Wildman–Crippen LogP) is 0.909. The van der Waals surface area contributed by atoms with Crippen LogP contribution in [0.3, 0.4) is 0 Å². The van der Waals surface area contributed by atoms with Gasteiger partial charge < -0.3 is 5.11 Å². The maximum atomic E-state index is 10.2. The van der Waals surface area contributed by atoms with Crippen molar-refractivity contribution in [2.24, 2.45) is 0 Å². The highest BCUT2D eigenvalue weighted by atomic mass is 16.6. The normalized spacial score (nSPS) is 17.4. The lowest BCUT2D eigenvalue weighted by Gasteiger charge is -2.22. The Hall–Kier alpha value is -0.610. The zero-order chi connectivity index (χ0) is 7.65. The topological polar surface area (TPSA) is 57.5 Å². The first-order chi connectivity index (χ1) is 3.89. The quantitative estimate of drug-likeness (QED) is 0.318. The summed E-state index contributed by atoms with van der Waals surface area (Å²) >= 11 is 0. The molecule has 4 nitrogen and oxygen atoms in total. The molecule has 0 heterocycles. The van der Waals surface area contributed by atoms with Crippen molar-refractivity contribution in [3.63, 3.8) is 0 Å². The molecule has 0 aromatic rings. The van der Waals surface area contributed by atoms with Crippen molar-refractivity contribution < 1.29 is 19.8 Å². The number of carbonyl (C=O) groups is 1. The summed E-state index contributed by atoms with van der Waals surface area (Å²) in [5, 5.41) is 17.3. The van der Waals surface area contributed by atoms with Crippen molar-refractivity contribution in [3.05, 3.63) is 0 Å². The molecule has 1 atom stereocenters. The van der Waals surface area contributed by atoms with E-state index < -0.39 is 10.7 Å². The monoisotopic (exact) mass is 134 g/mol. The largest absolute Gasteiger partial charge is 0.546 e. The van der Waals surface area contributed by atoms with E-state index in [0.29, 0.717) is 0 Å². The highest BCUT2D eigenvalue weighted by molar-refractivity contribution is 5.55. The first-order valence-corrected chi connectivity index (χ1v) is 2.71. The fourth-order valence-electron chi connectivity index (χ4n) is 0.221. The second-order valence-electron chi connectivity index (χ2n) is 2.40. The summed E-state index contributed by atoms with van der Waals surface area (Å²) in [7, 11) is 1.23. The Balaban J connectivity index is 4.19. The highest BCUT2D eigenvalue weighted by Crippen LogP contribution is 2.04. The molecule has 4 heteroatoms. The molecule has 0 radical (unpaired) electrons. The van der Waals surface area contributed by atoms with Crippen molar-refractivity contribution in [1.29, 1.82) is 0 Å². The maximum absolute atomic E-state index is 10.2. The van der Waals surface area contributed by atoms with Crippen molar-refractivity contribution >= 4 is 6.09 Å². The van der Waals surface area contributed by atoms with Crippen molar-refractivity contribution in [1.82, 2.24) is 0 Å². The number of hydrogen-bond donors (Lipinski definition) is 2. The van der Waals surface area contributed by atoms with Crippen LogP contribution in [0.15, 0.2) is 0 Å². The molecule has 0 aliphatic carbocycles. The summed E-state index contributed by atoms with van der Waals surface area (Å²) < 4.78 is -0.972. The fraction of sp³-hybridized carbons (Fsp3) is 0.800. The van der Waals surface area contributed by atoms with Gasteiger partial charge in [-0.1, -0.05) is 4.65 Å². The van der Waals surface area contributed by atoms with E-state index in [1.54, 1.807) is 13.8 Å². The molecule has 54 valence electrons. The third-order valence-corrected chi connectivity index (χ3v) is 1.39. The van der Waals surface area contributed by atoms with Gasteiger partial charge in [-0.05, 0) is 13.8 Å². The van der Waals surface area contributed by atoms with Crippen LogP contribution in [0.1, 0.15) is 13.8 Å². The zero-order valence-corrected chi connectivity index (χ0v) is 5.83. The molecule has 0 aliphatic rings. The predicted molar refractivity (Wildman–Crippen MR) is 31.1 cm³/mol. The average Bonchev–Trinajstić information content (AvgIpc) is 1.65. The van der Waals surface area contributed by atoms with Crippen LogP contribution in [-0.4, -0.2) is 34.1 Å². The van der Waals surface area contributed by atoms with Gasteiger partial charge >= 0.3 is 6.09 Å². The molecule has 0 spiro atoms. The molecule has 0 aromatic carbocycles. The highest BCUT2D eigenvalue weighted by Gasteiger charge is 2.33. The van der Waals surface area contributed by atoms with E-state index in [0.717, 1.165) is 0 Å². The molecule has 0 rings (SSSR count). The Kier molecular flexibility index (Phi) is 2.17. The van der Waals surface area contributed by atoms with Gasteiger partial charge in [-0.25, -0.2) is 5.21 Å². The van der Waals surface area contributed by atoms with E-state index in [1.807, 2.05) is 0 Å². The third-order valence-electron chi connectivity index (χ3n) is 1.39. The molecule has 1 amide bonds. The number of rotatable bonds is 1. The van der Waals surface area contributed by atoms with Crippen LogP contribution in [-0.2, 0) is 0 Å².